The molecule has 15 heavy (non-hydrogen) atoms. The lowest BCUT2D eigenvalue weighted by Gasteiger charge is -1.97. The molecular weight excluding hydrogens is 218 g/mol. The van der Waals surface area contributed by atoms with E-state index in [1.165, 1.54) is 29.0 Å². The molecule has 2 aromatic heterocycles. The van der Waals surface area contributed by atoms with E-state index in [2.05, 4.69) is 25.7 Å². The van der Waals surface area contributed by atoms with E-state index in [0.717, 1.165) is 0 Å². The highest BCUT2D eigenvalue weighted by molar-refractivity contribution is 7.13. The molecule has 0 radical (unpaired) electrons. The number of amides is 1. The van der Waals surface area contributed by atoms with Gasteiger partial charge in [0.25, 0.3) is 11.5 Å². The molecule has 0 fully saturated rings. The molecule has 0 spiro atoms. The third-order valence-electron chi connectivity index (χ3n) is 1.49. The fourth-order valence-corrected chi connectivity index (χ4v) is 1.30. The predicted octanol–water partition coefficient (Wildman–Crippen LogP) is -0.126. The third-order valence-corrected chi connectivity index (χ3v) is 2.10. The Morgan fingerprint density at radius 1 is 1.47 bits per heavy atom. The number of nitrogens with one attached hydrogen (secondary N) is 2. The normalized spacial score (nSPS) is 9.87. The molecule has 0 atom stereocenters. The minimum Gasteiger partial charge on any atom is -0.295 e. The van der Waals surface area contributed by atoms with E-state index in [1.54, 1.807) is 0 Å². The molecule has 76 valence electrons. The van der Waals surface area contributed by atoms with Crippen molar-refractivity contribution in [2.24, 2.45) is 0 Å². The second kappa shape index (κ2) is 3.96. The molecule has 2 heterocycles. The van der Waals surface area contributed by atoms with Crippen molar-refractivity contribution >= 4 is 22.4 Å². The van der Waals surface area contributed by atoms with Crippen molar-refractivity contribution in [1.29, 1.82) is 0 Å². The molecule has 2 rings (SSSR count). The summed E-state index contributed by atoms with van der Waals surface area (Å²) in [5, 5.41) is 15.8. The molecule has 0 aromatic carbocycles. The zero-order valence-corrected chi connectivity index (χ0v) is 8.11. The molecular formula is C7H5N5O2S. The summed E-state index contributed by atoms with van der Waals surface area (Å²) in [7, 11) is 0. The van der Waals surface area contributed by atoms with Crippen LogP contribution in [0.3, 0.4) is 0 Å². The van der Waals surface area contributed by atoms with Crippen LogP contribution in [0.15, 0.2) is 22.4 Å². The molecule has 0 unspecified atom stereocenters. The van der Waals surface area contributed by atoms with Crippen LogP contribution >= 0.6 is 11.3 Å². The molecule has 2 aromatic rings. The van der Waals surface area contributed by atoms with Crippen LogP contribution in [0.4, 0.5) is 5.13 Å². The number of rotatable bonds is 2. The highest BCUT2D eigenvalue weighted by atomic mass is 32.1. The van der Waals surface area contributed by atoms with Crippen LogP contribution in [0.25, 0.3) is 0 Å². The molecule has 0 aliphatic heterocycles. The maximum absolute atomic E-state index is 11.5. The first-order chi connectivity index (χ1) is 7.25. The minimum atomic E-state index is -0.442. The van der Waals surface area contributed by atoms with Crippen molar-refractivity contribution in [1.82, 2.24) is 20.4 Å². The number of aromatic nitrogens is 4. The Bertz CT molecular complexity index is 500. The summed E-state index contributed by atoms with van der Waals surface area (Å²) in [6.45, 7) is 0. The Hall–Kier alpha value is -2.09. The van der Waals surface area contributed by atoms with E-state index in [-0.39, 0.29) is 11.3 Å². The standard InChI is InChI=1S/C7H5N5O2S/c13-5-2-1-4(10-11-5)6(14)9-7-12-8-3-15-7/h1-3H,(H,11,13)(H,9,12,14). The first-order valence-corrected chi connectivity index (χ1v) is 4.77. The average molecular weight is 223 g/mol. The summed E-state index contributed by atoms with van der Waals surface area (Å²) in [5.41, 5.74) is 1.25. The molecule has 8 heteroatoms. The van der Waals surface area contributed by atoms with Gasteiger partial charge in [-0.05, 0) is 6.07 Å². The van der Waals surface area contributed by atoms with Crippen molar-refractivity contribution in [3.63, 3.8) is 0 Å². The summed E-state index contributed by atoms with van der Waals surface area (Å²) >= 11 is 1.20. The van der Waals surface area contributed by atoms with Crippen LogP contribution in [0.5, 0.6) is 0 Å². The van der Waals surface area contributed by atoms with Gasteiger partial charge in [0.15, 0.2) is 0 Å². The van der Waals surface area contributed by atoms with Gasteiger partial charge in [0.05, 0.1) is 0 Å². The number of anilines is 1. The largest absolute Gasteiger partial charge is 0.295 e. The predicted molar refractivity (Wildman–Crippen MR) is 52.7 cm³/mol. The fourth-order valence-electron chi connectivity index (χ4n) is 0.860. The maximum atomic E-state index is 11.5. The Balaban J connectivity index is 2.15. The molecule has 0 bridgehead atoms. The molecule has 0 aliphatic carbocycles. The van der Waals surface area contributed by atoms with Crippen molar-refractivity contribution in [2.45, 2.75) is 0 Å². The van der Waals surface area contributed by atoms with Gasteiger partial charge >= 0.3 is 0 Å². The molecule has 7 nitrogen and oxygen atoms in total. The van der Waals surface area contributed by atoms with Crippen LogP contribution in [-0.4, -0.2) is 26.3 Å². The number of nitrogens with zero attached hydrogens (tertiary/aromatic N) is 3. The van der Waals surface area contributed by atoms with Gasteiger partial charge in [-0.2, -0.15) is 5.10 Å². The van der Waals surface area contributed by atoms with Gasteiger partial charge in [-0.3, -0.25) is 14.9 Å². The monoisotopic (exact) mass is 223 g/mol. The van der Waals surface area contributed by atoms with E-state index >= 15 is 0 Å². The van der Waals surface area contributed by atoms with Crippen molar-refractivity contribution in [2.75, 3.05) is 5.32 Å². The summed E-state index contributed by atoms with van der Waals surface area (Å²) in [4.78, 5) is 22.2. The average Bonchev–Trinajstić information content (AvgIpc) is 2.71. The second-order valence-corrected chi connectivity index (χ2v) is 3.34. The van der Waals surface area contributed by atoms with Crippen LogP contribution in [-0.2, 0) is 0 Å². The second-order valence-electron chi connectivity index (χ2n) is 2.50. The van der Waals surface area contributed by atoms with Crippen LogP contribution in [0.2, 0.25) is 0 Å². The smallest absolute Gasteiger partial charge is 0.277 e. The van der Waals surface area contributed by atoms with Crippen molar-refractivity contribution in [3.05, 3.63) is 33.7 Å². The summed E-state index contributed by atoms with van der Waals surface area (Å²) in [5.74, 6) is -0.442. The fraction of sp³-hybridized carbons (Fsp3) is 0. The first kappa shape index (κ1) is 9.46. The molecule has 1 amide bonds. The summed E-state index contributed by atoms with van der Waals surface area (Å²) in [6.07, 6.45) is 0. The van der Waals surface area contributed by atoms with Crippen LogP contribution in [0.1, 0.15) is 10.5 Å². The number of aromatic amines is 1. The maximum Gasteiger partial charge on any atom is 0.277 e. The highest BCUT2D eigenvalue weighted by Gasteiger charge is 2.08. The quantitative estimate of drug-likeness (QED) is 0.738. The molecule has 2 N–H and O–H groups in total. The lowest BCUT2D eigenvalue weighted by Crippen LogP contribution is -2.17. The van der Waals surface area contributed by atoms with Crippen LogP contribution in [0, 0.1) is 0 Å². The van der Waals surface area contributed by atoms with Gasteiger partial charge in [-0.15, -0.1) is 10.2 Å². The van der Waals surface area contributed by atoms with Gasteiger partial charge < -0.3 is 0 Å². The van der Waals surface area contributed by atoms with E-state index in [9.17, 15) is 9.59 Å². The van der Waals surface area contributed by atoms with Gasteiger partial charge in [0, 0.05) is 6.07 Å². The zero-order chi connectivity index (χ0) is 10.7. The lowest BCUT2D eigenvalue weighted by atomic mass is 10.4. The lowest BCUT2D eigenvalue weighted by molar-refractivity contribution is 0.102. The Morgan fingerprint density at radius 3 is 2.93 bits per heavy atom. The minimum absolute atomic E-state index is 0.116. The SMILES string of the molecule is O=C(Nc1nncs1)c1ccc(=O)[nH]n1. The number of carbonyl (C=O) groups is 1. The highest BCUT2D eigenvalue weighted by Crippen LogP contribution is 2.08. The number of H-pyrrole nitrogens is 1. The van der Waals surface area contributed by atoms with Gasteiger partial charge in [-0.1, -0.05) is 11.3 Å². The molecule has 0 aliphatic rings. The van der Waals surface area contributed by atoms with Gasteiger partial charge in [0.1, 0.15) is 11.2 Å². The zero-order valence-electron chi connectivity index (χ0n) is 7.30. The van der Waals surface area contributed by atoms with E-state index in [0.29, 0.717) is 5.13 Å². The molecule has 0 saturated carbocycles. The number of hydrogen-bond acceptors (Lipinski definition) is 6. The van der Waals surface area contributed by atoms with Crippen LogP contribution < -0.4 is 10.9 Å². The summed E-state index contributed by atoms with van der Waals surface area (Å²) in [6, 6.07) is 2.55. The Morgan fingerprint density at radius 2 is 2.33 bits per heavy atom. The van der Waals surface area contributed by atoms with Crippen molar-refractivity contribution in [3.8, 4) is 0 Å². The number of carbonyl (C=O) groups excluding carboxylic acids is 1. The third kappa shape index (κ3) is 2.23. The first-order valence-electron chi connectivity index (χ1n) is 3.89. The number of hydrogen-bond donors (Lipinski definition) is 2. The van der Waals surface area contributed by atoms with E-state index in [4.69, 9.17) is 0 Å². The van der Waals surface area contributed by atoms with Crippen molar-refractivity contribution < 1.29 is 4.79 Å². The van der Waals surface area contributed by atoms with E-state index in [1.807, 2.05) is 0 Å². The van der Waals surface area contributed by atoms with E-state index < -0.39 is 5.91 Å². The molecule has 0 saturated heterocycles. The summed E-state index contributed by atoms with van der Waals surface area (Å²) < 4.78 is 0. The Labute approximate surface area is 87.2 Å². The Kier molecular flexibility index (Phi) is 2.50. The van der Waals surface area contributed by atoms with Gasteiger partial charge in [0.2, 0.25) is 5.13 Å². The topological polar surface area (TPSA) is 101 Å². The van der Waals surface area contributed by atoms with Gasteiger partial charge in [-0.25, -0.2) is 5.10 Å².